The van der Waals surface area contributed by atoms with E-state index in [-0.39, 0.29) is 12.7 Å². The van der Waals surface area contributed by atoms with Gasteiger partial charge in [0.15, 0.2) is 0 Å². The number of rotatable bonds is 2. The van der Waals surface area contributed by atoms with Gasteiger partial charge in [0.1, 0.15) is 11.7 Å². The van der Waals surface area contributed by atoms with E-state index in [0.29, 0.717) is 0 Å². The molecule has 0 aromatic carbocycles. The van der Waals surface area contributed by atoms with Crippen LogP contribution in [0.1, 0.15) is 20.3 Å². The van der Waals surface area contributed by atoms with Gasteiger partial charge in [0.2, 0.25) is 0 Å². The maximum absolute atomic E-state index is 11.9. The molecular formula is C6H9F3O. The highest BCUT2D eigenvalue weighted by atomic mass is 19.4. The zero-order chi connectivity index (χ0) is 8.41. The lowest BCUT2D eigenvalue weighted by Gasteiger charge is -2.23. The predicted octanol–water partition coefficient (Wildman–Crippen LogP) is 2.16. The van der Waals surface area contributed by atoms with Crippen LogP contribution in [0.3, 0.4) is 0 Å². The maximum Gasteiger partial charge on any atom is 0.400 e. The standard InChI is InChI=1S/C6H9F3O/c1-3-5(2,4-10)6(7,8)9/h4H,3H2,1-2H3. The molecule has 0 saturated carbocycles. The molecule has 60 valence electrons. The summed E-state index contributed by atoms with van der Waals surface area (Å²) in [7, 11) is 0. The number of carbonyl (C=O) groups is 1. The second kappa shape index (κ2) is 2.60. The molecule has 0 saturated heterocycles. The van der Waals surface area contributed by atoms with Crippen LogP contribution >= 0.6 is 0 Å². The van der Waals surface area contributed by atoms with Crippen molar-refractivity contribution in [2.75, 3.05) is 0 Å². The molecule has 0 bridgehead atoms. The van der Waals surface area contributed by atoms with Gasteiger partial charge < -0.3 is 4.79 Å². The molecule has 10 heavy (non-hydrogen) atoms. The summed E-state index contributed by atoms with van der Waals surface area (Å²) in [4.78, 5) is 9.98. The molecular weight excluding hydrogens is 145 g/mol. The molecule has 1 atom stereocenters. The lowest BCUT2D eigenvalue weighted by atomic mass is 9.89. The third kappa shape index (κ3) is 1.49. The van der Waals surface area contributed by atoms with Crippen LogP contribution in [0.15, 0.2) is 0 Å². The van der Waals surface area contributed by atoms with Crippen LogP contribution in [0.5, 0.6) is 0 Å². The molecule has 0 rings (SSSR count). The number of halogens is 3. The highest BCUT2D eigenvalue weighted by Gasteiger charge is 2.49. The van der Waals surface area contributed by atoms with E-state index in [4.69, 9.17) is 0 Å². The van der Waals surface area contributed by atoms with Crippen molar-refractivity contribution in [3.63, 3.8) is 0 Å². The molecule has 0 aliphatic heterocycles. The van der Waals surface area contributed by atoms with Gasteiger partial charge in [0.05, 0.1) is 0 Å². The van der Waals surface area contributed by atoms with Crippen molar-refractivity contribution in [1.29, 1.82) is 0 Å². The SMILES string of the molecule is CCC(C)(C=O)C(F)(F)F. The first kappa shape index (κ1) is 9.46. The van der Waals surface area contributed by atoms with Crippen LogP contribution in [-0.4, -0.2) is 12.5 Å². The van der Waals surface area contributed by atoms with Crippen molar-refractivity contribution in [2.45, 2.75) is 26.4 Å². The normalized spacial score (nSPS) is 18.1. The molecule has 0 N–H and O–H groups in total. The van der Waals surface area contributed by atoms with Crippen LogP contribution in [0, 0.1) is 5.41 Å². The van der Waals surface area contributed by atoms with E-state index in [9.17, 15) is 18.0 Å². The van der Waals surface area contributed by atoms with E-state index in [0.717, 1.165) is 6.92 Å². The Hall–Kier alpha value is -0.540. The Morgan fingerprint density at radius 2 is 1.80 bits per heavy atom. The van der Waals surface area contributed by atoms with Crippen molar-refractivity contribution in [3.05, 3.63) is 0 Å². The monoisotopic (exact) mass is 154 g/mol. The Bertz CT molecular complexity index is 129. The van der Waals surface area contributed by atoms with Gasteiger partial charge in [-0.3, -0.25) is 0 Å². The third-order valence-corrected chi connectivity index (χ3v) is 1.64. The van der Waals surface area contributed by atoms with Crippen LogP contribution in [-0.2, 0) is 4.79 Å². The smallest absolute Gasteiger partial charge is 0.302 e. The lowest BCUT2D eigenvalue weighted by Crippen LogP contribution is -2.35. The van der Waals surface area contributed by atoms with Gasteiger partial charge in [-0.1, -0.05) is 6.92 Å². The fourth-order valence-electron chi connectivity index (χ4n) is 0.351. The fraction of sp³-hybridized carbons (Fsp3) is 0.833. The summed E-state index contributed by atoms with van der Waals surface area (Å²) < 4.78 is 35.6. The van der Waals surface area contributed by atoms with E-state index >= 15 is 0 Å². The second-order valence-electron chi connectivity index (χ2n) is 2.39. The van der Waals surface area contributed by atoms with E-state index in [1.807, 2.05) is 0 Å². The van der Waals surface area contributed by atoms with Gasteiger partial charge in [0, 0.05) is 0 Å². The summed E-state index contributed by atoms with van der Waals surface area (Å²) in [6.45, 7) is 2.22. The van der Waals surface area contributed by atoms with E-state index in [1.54, 1.807) is 0 Å². The molecule has 0 spiro atoms. The highest BCUT2D eigenvalue weighted by molar-refractivity contribution is 5.59. The van der Waals surface area contributed by atoms with E-state index in [2.05, 4.69) is 0 Å². The molecule has 0 aromatic rings. The van der Waals surface area contributed by atoms with Crippen LogP contribution in [0.4, 0.5) is 13.2 Å². The van der Waals surface area contributed by atoms with Gasteiger partial charge in [-0.25, -0.2) is 0 Å². The molecule has 0 aromatic heterocycles. The minimum absolute atomic E-state index is 0.0486. The molecule has 0 aliphatic rings. The summed E-state index contributed by atoms with van der Waals surface area (Å²) in [5.41, 5.74) is -2.16. The van der Waals surface area contributed by atoms with Crippen molar-refractivity contribution in [3.8, 4) is 0 Å². The minimum atomic E-state index is -4.41. The molecule has 0 heterocycles. The summed E-state index contributed by atoms with van der Waals surface area (Å²) in [6.07, 6.45) is -4.67. The number of carbonyl (C=O) groups excluding carboxylic acids is 1. The molecule has 0 radical (unpaired) electrons. The molecule has 0 fully saturated rings. The Labute approximate surface area is 57.2 Å². The Balaban J connectivity index is 4.48. The van der Waals surface area contributed by atoms with Crippen molar-refractivity contribution >= 4 is 6.29 Å². The summed E-state index contributed by atoms with van der Waals surface area (Å²) in [6, 6.07) is 0. The molecule has 4 heteroatoms. The van der Waals surface area contributed by atoms with E-state index in [1.165, 1.54) is 6.92 Å². The topological polar surface area (TPSA) is 17.1 Å². The average Bonchev–Trinajstić information content (AvgIpc) is 1.84. The first-order valence-corrected chi connectivity index (χ1v) is 2.90. The summed E-state index contributed by atoms with van der Waals surface area (Å²) in [5.74, 6) is 0. The van der Waals surface area contributed by atoms with Crippen LogP contribution in [0.2, 0.25) is 0 Å². The number of hydrogen-bond acceptors (Lipinski definition) is 1. The Kier molecular flexibility index (Phi) is 2.46. The summed E-state index contributed by atoms with van der Waals surface area (Å²) >= 11 is 0. The minimum Gasteiger partial charge on any atom is -0.302 e. The number of hydrogen-bond donors (Lipinski definition) is 0. The molecule has 1 unspecified atom stereocenters. The van der Waals surface area contributed by atoms with Crippen LogP contribution in [0.25, 0.3) is 0 Å². The molecule has 0 amide bonds. The Morgan fingerprint density at radius 3 is 1.80 bits per heavy atom. The van der Waals surface area contributed by atoms with Crippen molar-refractivity contribution < 1.29 is 18.0 Å². The average molecular weight is 154 g/mol. The molecule has 0 aliphatic carbocycles. The zero-order valence-corrected chi connectivity index (χ0v) is 5.83. The Morgan fingerprint density at radius 1 is 1.40 bits per heavy atom. The predicted molar refractivity (Wildman–Crippen MR) is 30.5 cm³/mol. The van der Waals surface area contributed by atoms with Gasteiger partial charge >= 0.3 is 6.18 Å². The summed E-state index contributed by atoms with van der Waals surface area (Å²) in [5, 5.41) is 0. The molecule has 1 nitrogen and oxygen atoms in total. The van der Waals surface area contributed by atoms with Crippen LogP contribution < -0.4 is 0 Å². The first-order valence-electron chi connectivity index (χ1n) is 2.90. The first-order chi connectivity index (χ1) is 4.37. The largest absolute Gasteiger partial charge is 0.400 e. The quantitative estimate of drug-likeness (QED) is 0.557. The van der Waals surface area contributed by atoms with Gasteiger partial charge in [-0.05, 0) is 13.3 Å². The fourth-order valence-corrected chi connectivity index (χ4v) is 0.351. The van der Waals surface area contributed by atoms with Gasteiger partial charge in [-0.15, -0.1) is 0 Å². The van der Waals surface area contributed by atoms with E-state index < -0.39 is 11.6 Å². The lowest BCUT2D eigenvalue weighted by molar-refractivity contribution is -0.209. The van der Waals surface area contributed by atoms with Crippen molar-refractivity contribution in [1.82, 2.24) is 0 Å². The number of aldehydes is 1. The van der Waals surface area contributed by atoms with Gasteiger partial charge in [0.25, 0.3) is 0 Å². The van der Waals surface area contributed by atoms with Crippen molar-refractivity contribution in [2.24, 2.45) is 5.41 Å². The number of alkyl halides is 3. The maximum atomic E-state index is 11.9. The third-order valence-electron chi connectivity index (χ3n) is 1.64. The zero-order valence-electron chi connectivity index (χ0n) is 5.83. The van der Waals surface area contributed by atoms with Gasteiger partial charge in [-0.2, -0.15) is 13.2 Å². The highest BCUT2D eigenvalue weighted by Crippen LogP contribution is 2.38. The second-order valence-corrected chi connectivity index (χ2v) is 2.39.